The Morgan fingerprint density at radius 1 is 1.05 bits per heavy atom. The van der Waals surface area contributed by atoms with Gasteiger partial charge in [-0.15, -0.1) is 0 Å². The topological polar surface area (TPSA) is 48.1 Å². The summed E-state index contributed by atoms with van der Waals surface area (Å²) < 4.78 is 19.7. The Kier molecular flexibility index (Phi) is 4.02. The number of ether oxygens (including phenoxy) is 1. The molecule has 3 nitrogen and oxygen atoms in total. The van der Waals surface area contributed by atoms with Crippen molar-refractivity contribution < 1.29 is 9.13 Å². The van der Waals surface area contributed by atoms with Crippen molar-refractivity contribution in [1.29, 1.82) is 0 Å². The standard InChI is InChI=1S/C18H17FN2O/c1-12-14(11-22-10-13-6-3-2-4-7-13)18(20)17-15(19)8-5-9-16(17)21-12/h2-9H,10-11H2,1H3,(H2,20,21). The number of anilines is 1. The first-order chi connectivity index (χ1) is 10.7. The van der Waals surface area contributed by atoms with Gasteiger partial charge >= 0.3 is 0 Å². The van der Waals surface area contributed by atoms with E-state index in [9.17, 15) is 4.39 Å². The first kappa shape index (κ1) is 14.5. The molecule has 0 aliphatic carbocycles. The van der Waals surface area contributed by atoms with Crippen LogP contribution in [0.3, 0.4) is 0 Å². The van der Waals surface area contributed by atoms with Gasteiger partial charge in [0.2, 0.25) is 0 Å². The minimum atomic E-state index is -0.355. The zero-order valence-electron chi connectivity index (χ0n) is 12.3. The number of aromatic nitrogens is 1. The average molecular weight is 296 g/mol. The van der Waals surface area contributed by atoms with Crippen molar-refractivity contribution in [2.45, 2.75) is 20.1 Å². The van der Waals surface area contributed by atoms with Crippen LogP contribution in [0, 0.1) is 12.7 Å². The van der Waals surface area contributed by atoms with Crippen LogP contribution in [0.15, 0.2) is 48.5 Å². The zero-order valence-corrected chi connectivity index (χ0v) is 12.3. The van der Waals surface area contributed by atoms with Gasteiger partial charge in [-0.1, -0.05) is 36.4 Å². The van der Waals surface area contributed by atoms with Crippen LogP contribution in [-0.2, 0) is 18.0 Å². The number of benzene rings is 2. The molecule has 0 aliphatic heterocycles. The van der Waals surface area contributed by atoms with Crippen LogP contribution < -0.4 is 5.73 Å². The molecule has 0 bridgehead atoms. The van der Waals surface area contributed by atoms with Gasteiger partial charge in [0.15, 0.2) is 0 Å². The Balaban J connectivity index is 1.86. The first-order valence-corrected chi connectivity index (χ1v) is 7.11. The van der Waals surface area contributed by atoms with E-state index < -0.39 is 0 Å². The lowest BCUT2D eigenvalue weighted by atomic mass is 10.1. The third-order valence-electron chi connectivity index (χ3n) is 3.67. The summed E-state index contributed by atoms with van der Waals surface area (Å²) in [6.45, 7) is 2.65. The fourth-order valence-corrected chi connectivity index (χ4v) is 2.49. The maximum atomic E-state index is 14.0. The number of pyridine rings is 1. The Morgan fingerprint density at radius 3 is 2.59 bits per heavy atom. The Labute approximate surface area is 128 Å². The second-order valence-corrected chi connectivity index (χ2v) is 5.20. The van der Waals surface area contributed by atoms with Crippen LogP contribution >= 0.6 is 0 Å². The van der Waals surface area contributed by atoms with Crippen LogP contribution in [0.5, 0.6) is 0 Å². The monoisotopic (exact) mass is 296 g/mol. The van der Waals surface area contributed by atoms with Crippen LogP contribution in [-0.4, -0.2) is 4.98 Å². The van der Waals surface area contributed by atoms with E-state index in [0.717, 1.165) is 16.8 Å². The molecule has 2 aromatic carbocycles. The number of halogens is 1. The molecule has 3 aromatic rings. The van der Waals surface area contributed by atoms with E-state index in [4.69, 9.17) is 10.5 Å². The molecule has 0 saturated heterocycles. The molecule has 2 N–H and O–H groups in total. The van der Waals surface area contributed by atoms with Gasteiger partial charge in [-0.3, -0.25) is 4.98 Å². The van der Waals surface area contributed by atoms with E-state index in [1.54, 1.807) is 12.1 Å². The predicted molar refractivity (Wildman–Crippen MR) is 85.8 cm³/mol. The molecule has 0 aliphatic rings. The largest absolute Gasteiger partial charge is 0.398 e. The second kappa shape index (κ2) is 6.12. The molecule has 3 rings (SSSR count). The van der Waals surface area contributed by atoms with Crippen molar-refractivity contribution in [3.05, 3.63) is 71.2 Å². The minimum Gasteiger partial charge on any atom is -0.398 e. The number of rotatable bonds is 4. The van der Waals surface area contributed by atoms with Gasteiger partial charge in [0.05, 0.1) is 29.8 Å². The van der Waals surface area contributed by atoms with E-state index >= 15 is 0 Å². The molecule has 0 saturated carbocycles. The van der Waals surface area contributed by atoms with E-state index in [-0.39, 0.29) is 5.82 Å². The highest BCUT2D eigenvalue weighted by Crippen LogP contribution is 2.28. The van der Waals surface area contributed by atoms with Gasteiger partial charge in [0, 0.05) is 11.3 Å². The molecular weight excluding hydrogens is 279 g/mol. The lowest BCUT2D eigenvalue weighted by molar-refractivity contribution is 0.107. The van der Waals surface area contributed by atoms with Gasteiger partial charge in [-0.25, -0.2) is 4.39 Å². The average Bonchev–Trinajstić information content (AvgIpc) is 2.51. The first-order valence-electron chi connectivity index (χ1n) is 7.11. The van der Waals surface area contributed by atoms with E-state index in [0.29, 0.717) is 29.8 Å². The van der Waals surface area contributed by atoms with Gasteiger partial charge in [-0.2, -0.15) is 0 Å². The predicted octanol–water partition coefficient (Wildman–Crippen LogP) is 3.98. The molecule has 0 radical (unpaired) electrons. The van der Waals surface area contributed by atoms with Gasteiger partial charge < -0.3 is 10.5 Å². The summed E-state index contributed by atoms with van der Waals surface area (Å²) in [6.07, 6.45) is 0. The number of aryl methyl sites for hydroxylation is 1. The molecule has 22 heavy (non-hydrogen) atoms. The molecule has 1 aromatic heterocycles. The summed E-state index contributed by atoms with van der Waals surface area (Å²) in [5, 5.41) is 0.367. The molecule has 0 unspecified atom stereocenters. The molecule has 112 valence electrons. The highest BCUT2D eigenvalue weighted by Gasteiger charge is 2.13. The Hall–Kier alpha value is -2.46. The molecular formula is C18H17FN2O. The van der Waals surface area contributed by atoms with Crippen LogP contribution in [0.4, 0.5) is 10.1 Å². The van der Waals surface area contributed by atoms with Crippen molar-refractivity contribution in [3.63, 3.8) is 0 Å². The van der Waals surface area contributed by atoms with Crippen molar-refractivity contribution in [3.8, 4) is 0 Å². The Morgan fingerprint density at radius 2 is 1.82 bits per heavy atom. The van der Waals surface area contributed by atoms with E-state index in [1.807, 2.05) is 37.3 Å². The highest BCUT2D eigenvalue weighted by atomic mass is 19.1. The SMILES string of the molecule is Cc1nc2cccc(F)c2c(N)c1COCc1ccccc1. The molecule has 0 spiro atoms. The van der Waals surface area contributed by atoms with Crippen molar-refractivity contribution in [1.82, 2.24) is 4.98 Å². The van der Waals surface area contributed by atoms with E-state index in [1.165, 1.54) is 6.07 Å². The fraction of sp³-hybridized carbons (Fsp3) is 0.167. The summed E-state index contributed by atoms with van der Waals surface area (Å²) in [6, 6.07) is 14.7. The van der Waals surface area contributed by atoms with Crippen LogP contribution in [0.2, 0.25) is 0 Å². The van der Waals surface area contributed by atoms with Gasteiger partial charge in [0.1, 0.15) is 5.82 Å². The van der Waals surface area contributed by atoms with Crippen molar-refractivity contribution in [2.24, 2.45) is 0 Å². The Bertz CT molecular complexity index is 803. The van der Waals surface area contributed by atoms with E-state index in [2.05, 4.69) is 4.98 Å². The fourth-order valence-electron chi connectivity index (χ4n) is 2.49. The lowest BCUT2D eigenvalue weighted by Crippen LogP contribution is -2.05. The smallest absolute Gasteiger partial charge is 0.134 e. The quantitative estimate of drug-likeness (QED) is 0.792. The number of nitrogens with zero attached hydrogens (tertiary/aromatic N) is 1. The normalized spacial score (nSPS) is 11.0. The van der Waals surface area contributed by atoms with Gasteiger partial charge in [0.25, 0.3) is 0 Å². The maximum absolute atomic E-state index is 14.0. The van der Waals surface area contributed by atoms with Crippen LogP contribution in [0.1, 0.15) is 16.8 Å². The molecule has 0 amide bonds. The molecule has 4 heteroatoms. The number of hydrogen-bond acceptors (Lipinski definition) is 3. The third kappa shape index (κ3) is 2.78. The summed E-state index contributed by atoms with van der Waals surface area (Å²) in [4.78, 5) is 4.42. The highest BCUT2D eigenvalue weighted by molar-refractivity contribution is 5.92. The summed E-state index contributed by atoms with van der Waals surface area (Å²) in [5.74, 6) is -0.355. The number of hydrogen-bond donors (Lipinski definition) is 1. The van der Waals surface area contributed by atoms with Crippen molar-refractivity contribution >= 4 is 16.6 Å². The lowest BCUT2D eigenvalue weighted by Gasteiger charge is -2.13. The third-order valence-corrected chi connectivity index (χ3v) is 3.67. The summed E-state index contributed by atoms with van der Waals surface area (Å²) in [5.41, 5.74) is 9.72. The molecule has 0 fully saturated rings. The van der Waals surface area contributed by atoms with Gasteiger partial charge in [-0.05, 0) is 24.6 Å². The van der Waals surface area contributed by atoms with Crippen molar-refractivity contribution in [2.75, 3.05) is 5.73 Å². The zero-order chi connectivity index (χ0) is 15.5. The summed E-state index contributed by atoms with van der Waals surface area (Å²) in [7, 11) is 0. The second-order valence-electron chi connectivity index (χ2n) is 5.20. The maximum Gasteiger partial charge on any atom is 0.134 e. The number of nitrogens with two attached hydrogens (primary N) is 1. The summed E-state index contributed by atoms with van der Waals surface area (Å²) >= 11 is 0. The number of nitrogen functional groups attached to an aromatic ring is 1. The molecule has 0 atom stereocenters. The van der Waals surface area contributed by atoms with Crippen LogP contribution in [0.25, 0.3) is 10.9 Å². The number of fused-ring (bicyclic) bond motifs is 1. The molecule has 1 heterocycles. The minimum absolute atomic E-state index is 0.309.